The van der Waals surface area contributed by atoms with Crippen molar-refractivity contribution in [3.05, 3.63) is 12.2 Å². The van der Waals surface area contributed by atoms with Gasteiger partial charge in [-0.3, -0.25) is 9.59 Å². The number of carbonyl (C=O) groups excluding carboxylic acids is 2. The normalized spacial score (nSPS) is 33.0. The van der Waals surface area contributed by atoms with Gasteiger partial charge in [-0.15, -0.1) is 36.5 Å². The van der Waals surface area contributed by atoms with Crippen LogP contribution in [-0.4, -0.2) is 61.3 Å². The van der Waals surface area contributed by atoms with Gasteiger partial charge in [0, 0.05) is 58.5 Å². The van der Waals surface area contributed by atoms with E-state index >= 15 is 0 Å². The third kappa shape index (κ3) is 11.2. The SMILES string of the molecule is CCC[C@H](/C=C/[C@@H]1[C@H]2CC(=O)O[C@H]2C[C@H]1OB(P)P)OP.CCC[C@H](CC[C@@H]1[C@H]2CC(=O)O[C@H]2C[C@H]1OB(P)P)OP.[3HH].[3HH]. The van der Waals surface area contributed by atoms with Crippen LogP contribution in [0.15, 0.2) is 12.2 Å². The fraction of sp³-hybridized carbons (Fsp3) is 0.846. The molecule has 0 N–H and O–H groups in total. The van der Waals surface area contributed by atoms with E-state index in [0.29, 0.717) is 24.7 Å². The second-order valence-corrected chi connectivity index (χ2v) is 16.5. The summed E-state index contributed by atoms with van der Waals surface area (Å²) in [7, 11) is 15.3. The molecular weight excluding hydrogens is 648 g/mol. The molecule has 16 heteroatoms. The summed E-state index contributed by atoms with van der Waals surface area (Å²) in [5, 5.41) is 0. The standard InChI is InChI=1S/C13H26BO4P3.C13H24BO4P3.2H2/c2*1-2-3-8(18-21)4-5-9-10-6-13(15)16-11(10)7-12(9)17-14(19)20;;/h8-12H,2-7,19-21H2,1H3;4-5,8-12H,2-3,6-7,19-21H2,1H3;2*1H/b;5-4+;;/t2*8-,9-,10-,11+,12-;;/m11../s1/i;;2*1+2. The number of hydrogen-bond donors (Lipinski definition) is 0. The summed E-state index contributed by atoms with van der Waals surface area (Å²) < 4.78 is 33.7. The number of ether oxygens (including phenoxy) is 2. The highest BCUT2D eigenvalue weighted by Crippen LogP contribution is 2.46. The van der Waals surface area contributed by atoms with E-state index in [1.54, 1.807) is 0 Å². The van der Waals surface area contributed by atoms with Gasteiger partial charge in [0.1, 0.15) is 12.2 Å². The van der Waals surface area contributed by atoms with E-state index in [0.717, 1.165) is 51.4 Å². The zero-order chi connectivity index (χ0) is 30.8. The molecule has 2 aliphatic heterocycles. The highest BCUT2D eigenvalue weighted by atomic mass is 31.1. The molecule has 6 unspecified atom stereocenters. The molecule has 0 aromatic rings. The van der Waals surface area contributed by atoms with E-state index in [4.69, 9.17) is 27.8 Å². The van der Waals surface area contributed by atoms with Gasteiger partial charge in [-0.25, -0.2) is 0 Å². The Morgan fingerprint density at radius 1 is 0.857 bits per heavy atom. The molecule has 0 spiro atoms. The molecule has 2 heterocycles. The van der Waals surface area contributed by atoms with Gasteiger partial charge in [-0.05, 0) is 31.6 Å². The van der Waals surface area contributed by atoms with Crippen LogP contribution in [0, 0.1) is 23.7 Å². The fourth-order valence-electron chi connectivity index (χ4n) is 6.95. The zero-order valence-electron chi connectivity index (χ0n) is 24.9. The Morgan fingerprint density at radius 3 is 2.00 bits per heavy atom. The molecule has 0 aromatic carbocycles. The Kier molecular flexibility index (Phi) is 17.2. The topological polar surface area (TPSA) is 89.5 Å². The Hall–Kier alpha value is 1.23. The lowest BCUT2D eigenvalue weighted by molar-refractivity contribution is -0.142. The Bertz CT molecular complexity index is 901. The maximum absolute atomic E-state index is 11.5. The molecule has 2 saturated carbocycles. The minimum atomic E-state index is -0.0810. The molecular formula is C26H54B2O8P6. The number of esters is 2. The van der Waals surface area contributed by atoms with Crippen molar-refractivity contribution in [1.29, 1.82) is 0 Å². The average molecular weight is 706 g/mol. The number of carbonyl (C=O) groups is 2. The molecule has 4 aliphatic rings. The molecule has 0 amide bonds. The first-order chi connectivity index (χ1) is 20.1. The number of rotatable bonds is 15. The quantitative estimate of drug-likeness (QED) is 0.0902. The summed E-state index contributed by atoms with van der Waals surface area (Å²) in [4.78, 5) is 23.0. The monoisotopic (exact) mass is 706 g/mol. The summed E-state index contributed by atoms with van der Waals surface area (Å²) in [6.07, 6.45) is 14.0. The minimum Gasteiger partial charge on any atom is -0.462 e. The second kappa shape index (κ2) is 19.1. The van der Waals surface area contributed by atoms with Crippen molar-refractivity contribution in [2.45, 2.75) is 115 Å². The molecule has 0 bridgehead atoms. The van der Waals surface area contributed by atoms with Gasteiger partial charge < -0.3 is 27.8 Å². The van der Waals surface area contributed by atoms with Crippen LogP contribution in [0.25, 0.3) is 0 Å². The van der Waals surface area contributed by atoms with Crippen LogP contribution in [0.2, 0.25) is 0 Å². The third-order valence-corrected chi connectivity index (χ3v) is 10.2. The summed E-state index contributed by atoms with van der Waals surface area (Å²) >= 11 is 0. The predicted molar refractivity (Wildman–Crippen MR) is 194 cm³/mol. The molecule has 242 valence electrons. The molecule has 2 saturated heterocycles. The van der Waals surface area contributed by atoms with Gasteiger partial charge in [0.05, 0.1) is 31.2 Å². The summed E-state index contributed by atoms with van der Waals surface area (Å²) in [6.45, 7) is 4.31. The lowest BCUT2D eigenvalue weighted by Gasteiger charge is -2.26. The van der Waals surface area contributed by atoms with E-state index < -0.39 is 0 Å². The first-order valence-electron chi connectivity index (χ1n) is 15.2. The van der Waals surface area contributed by atoms with Crippen LogP contribution in [0.4, 0.5) is 0 Å². The molecule has 0 aromatic heterocycles. The van der Waals surface area contributed by atoms with Gasteiger partial charge in [0.2, 0.25) is 0 Å². The van der Waals surface area contributed by atoms with Gasteiger partial charge in [0.25, 0.3) is 0 Å². The third-order valence-electron chi connectivity index (χ3n) is 8.79. The first-order valence-corrected chi connectivity index (χ1v) is 18.8. The highest BCUT2D eigenvalue weighted by molar-refractivity contribution is 7.92. The maximum Gasteiger partial charge on any atom is 0.336 e. The highest BCUT2D eigenvalue weighted by Gasteiger charge is 2.51. The van der Waals surface area contributed by atoms with Crippen LogP contribution >= 0.6 is 55.4 Å². The fourth-order valence-corrected chi connectivity index (χ4v) is 8.26. The summed E-state index contributed by atoms with van der Waals surface area (Å²) in [5.74, 6) is 1.04. The molecule has 2 aliphatic carbocycles. The van der Waals surface area contributed by atoms with Crippen molar-refractivity contribution < 1.29 is 40.3 Å². The van der Waals surface area contributed by atoms with E-state index in [1.807, 2.05) is 0 Å². The summed E-state index contributed by atoms with van der Waals surface area (Å²) in [6, 6.07) is 0. The average Bonchev–Trinajstić information content (AvgIpc) is 3.63. The summed E-state index contributed by atoms with van der Waals surface area (Å²) in [5.41, 5.74) is 0. The van der Waals surface area contributed by atoms with E-state index in [-0.39, 0.29) is 76.0 Å². The van der Waals surface area contributed by atoms with Crippen LogP contribution in [0.3, 0.4) is 0 Å². The van der Waals surface area contributed by atoms with Crippen molar-refractivity contribution in [2.24, 2.45) is 23.7 Å². The Balaban J connectivity index is 0.000000421. The lowest BCUT2D eigenvalue weighted by atomic mass is 9.86. The lowest BCUT2D eigenvalue weighted by Crippen LogP contribution is -2.27. The molecule has 16 atom stereocenters. The van der Waals surface area contributed by atoms with E-state index in [9.17, 15) is 9.59 Å². The van der Waals surface area contributed by atoms with Gasteiger partial charge in [0.15, 0.2) is 0 Å². The van der Waals surface area contributed by atoms with Crippen molar-refractivity contribution in [3.63, 3.8) is 0 Å². The maximum atomic E-state index is 11.5. The van der Waals surface area contributed by atoms with Gasteiger partial charge in [-0.2, -0.15) is 0 Å². The number of fused-ring (bicyclic) bond motifs is 2. The Labute approximate surface area is 270 Å². The van der Waals surface area contributed by atoms with Crippen LogP contribution < -0.4 is 0 Å². The Morgan fingerprint density at radius 2 is 1.43 bits per heavy atom. The molecule has 8 nitrogen and oxygen atoms in total. The van der Waals surface area contributed by atoms with Gasteiger partial charge in [-0.1, -0.05) is 38.8 Å². The predicted octanol–water partition coefficient (Wildman–Crippen LogP) is 5.90. The number of hydrogen-bond acceptors (Lipinski definition) is 8. The molecule has 4 fully saturated rings. The van der Waals surface area contributed by atoms with Crippen LogP contribution in [0.1, 0.15) is 80.9 Å². The van der Waals surface area contributed by atoms with Crippen molar-refractivity contribution in [3.8, 4) is 0 Å². The van der Waals surface area contributed by atoms with E-state index in [1.165, 1.54) is 0 Å². The van der Waals surface area contributed by atoms with E-state index in [2.05, 4.69) is 81.4 Å². The molecule has 4 rings (SSSR count). The van der Waals surface area contributed by atoms with Crippen molar-refractivity contribution in [2.75, 3.05) is 0 Å². The second-order valence-electron chi connectivity index (χ2n) is 11.8. The van der Waals surface area contributed by atoms with Crippen molar-refractivity contribution in [1.82, 2.24) is 0 Å². The minimum absolute atomic E-state index is 0. The molecule has 0 radical (unpaired) electrons. The van der Waals surface area contributed by atoms with Crippen LogP contribution in [-0.2, 0) is 37.4 Å². The molecule has 42 heavy (non-hydrogen) atoms. The largest absolute Gasteiger partial charge is 0.462 e. The van der Waals surface area contributed by atoms with Gasteiger partial charge >= 0.3 is 24.6 Å². The van der Waals surface area contributed by atoms with Crippen molar-refractivity contribution >= 4 is 80.1 Å². The zero-order valence-corrected chi connectivity index (χ0v) is 31.8. The van der Waals surface area contributed by atoms with Crippen LogP contribution in [0.5, 0.6) is 0 Å². The first kappa shape index (κ1) is 37.7. The smallest absolute Gasteiger partial charge is 0.336 e.